The Morgan fingerprint density at radius 3 is 2.96 bits per heavy atom. The molecule has 0 aliphatic rings. The van der Waals surface area contributed by atoms with Gasteiger partial charge in [-0.25, -0.2) is 4.98 Å². The number of fused-ring (bicyclic) bond motifs is 1. The molecule has 4 rings (SSSR count). The summed E-state index contributed by atoms with van der Waals surface area (Å²) in [7, 11) is 0. The van der Waals surface area contributed by atoms with Gasteiger partial charge in [0.25, 0.3) is 5.91 Å². The molecule has 0 bridgehead atoms. The minimum Gasteiger partial charge on any atom is -0.492 e. The third kappa shape index (κ3) is 3.09. The number of hydrogen-bond donors (Lipinski definition) is 1. The van der Waals surface area contributed by atoms with Gasteiger partial charge in [0.15, 0.2) is 0 Å². The number of thiophene rings is 1. The Labute approximate surface area is 158 Å². The molecule has 1 amide bonds. The third-order valence-electron chi connectivity index (χ3n) is 3.67. The molecule has 0 radical (unpaired) electrons. The van der Waals surface area contributed by atoms with Crippen LogP contribution in [0.1, 0.15) is 22.3 Å². The van der Waals surface area contributed by atoms with Crippen molar-refractivity contribution in [1.82, 2.24) is 14.8 Å². The van der Waals surface area contributed by atoms with E-state index in [0.717, 1.165) is 21.7 Å². The molecule has 8 heteroatoms. The topological polar surface area (TPSA) is 69.0 Å². The molecule has 4 aromatic rings. The van der Waals surface area contributed by atoms with E-state index in [2.05, 4.69) is 10.4 Å². The van der Waals surface area contributed by atoms with E-state index in [9.17, 15) is 4.79 Å². The number of nitrogens with zero attached hydrogens (tertiary/aromatic N) is 3. The van der Waals surface area contributed by atoms with Crippen LogP contribution < -0.4 is 10.1 Å². The lowest BCUT2D eigenvalue weighted by Crippen LogP contribution is -2.13. The average Bonchev–Trinajstić information content (AvgIpc) is 3.34. The Morgan fingerprint density at radius 2 is 2.19 bits per heavy atom. The number of hydrogen-bond acceptors (Lipinski definition) is 6. The maximum absolute atomic E-state index is 12.4. The van der Waals surface area contributed by atoms with Crippen molar-refractivity contribution in [3.05, 3.63) is 52.3 Å². The van der Waals surface area contributed by atoms with E-state index in [1.165, 1.54) is 22.7 Å². The van der Waals surface area contributed by atoms with Crippen LogP contribution in [-0.2, 0) is 0 Å². The molecule has 0 unspecified atom stereocenters. The van der Waals surface area contributed by atoms with Crippen molar-refractivity contribution in [3.63, 3.8) is 0 Å². The summed E-state index contributed by atoms with van der Waals surface area (Å²) in [6.07, 6.45) is 0. The fourth-order valence-corrected chi connectivity index (χ4v) is 4.16. The van der Waals surface area contributed by atoms with Gasteiger partial charge in [0.2, 0.25) is 5.13 Å². The number of aryl methyl sites for hydroxylation is 1. The molecule has 132 valence electrons. The monoisotopic (exact) mass is 384 g/mol. The first-order chi connectivity index (χ1) is 12.7. The van der Waals surface area contributed by atoms with Gasteiger partial charge in [-0.05, 0) is 37.4 Å². The predicted molar refractivity (Wildman–Crippen MR) is 105 cm³/mol. The van der Waals surface area contributed by atoms with Crippen LogP contribution in [0.5, 0.6) is 5.75 Å². The average molecular weight is 384 g/mol. The number of anilines is 1. The fraction of sp³-hybridized carbons (Fsp3) is 0.167. The lowest BCUT2D eigenvalue weighted by Gasteiger charge is -2.05. The second-order valence-corrected chi connectivity index (χ2v) is 7.50. The Hall–Kier alpha value is -2.71. The van der Waals surface area contributed by atoms with Gasteiger partial charge in [0.1, 0.15) is 17.1 Å². The molecule has 0 saturated heterocycles. The second-order valence-electron chi connectivity index (χ2n) is 5.55. The second kappa shape index (κ2) is 6.89. The quantitative estimate of drug-likeness (QED) is 0.550. The van der Waals surface area contributed by atoms with E-state index in [-0.39, 0.29) is 5.91 Å². The van der Waals surface area contributed by atoms with Crippen molar-refractivity contribution in [2.24, 2.45) is 0 Å². The van der Waals surface area contributed by atoms with Crippen molar-refractivity contribution in [1.29, 1.82) is 0 Å². The van der Waals surface area contributed by atoms with Gasteiger partial charge < -0.3 is 10.1 Å². The number of carbonyl (C=O) groups excluding carboxylic acids is 1. The van der Waals surface area contributed by atoms with Crippen LogP contribution in [0.2, 0.25) is 0 Å². The summed E-state index contributed by atoms with van der Waals surface area (Å²) in [4.78, 5) is 17.7. The van der Waals surface area contributed by atoms with Crippen molar-refractivity contribution >= 4 is 44.6 Å². The Bertz CT molecular complexity index is 1070. The van der Waals surface area contributed by atoms with Crippen LogP contribution in [0.25, 0.3) is 15.3 Å². The van der Waals surface area contributed by atoms with E-state index in [4.69, 9.17) is 9.72 Å². The van der Waals surface area contributed by atoms with E-state index in [1.54, 1.807) is 10.7 Å². The summed E-state index contributed by atoms with van der Waals surface area (Å²) >= 11 is 2.90. The summed E-state index contributed by atoms with van der Waals surface area (Å²) in [6, 6.07) is 11.3. The summed E-state index contributed by atoms with van der Waals surface area (Å²) in [5.41, 5.74) is 1.61. The van der Waals surface area contributed by atoms with Crippen LogP contribution in [-0.4, -0.2) is 27.3 Å². The molecule has 0 fully saturated rings. The Morgan fingerprint density at radius 1 is 1.31 bits per heavy atom. The highest BCUT2D eigenvalue weighted by atomic mass is 32.1. The van der Waals surface area contributed by atoms with Gasteiger partial charge in [0, 0.05) is 6.07 Å². The number of para-hydroxylation sites is 1. The SMILES string of the molecule is CCOc1cccc2sc(-n3nc(C)cc3NC(=O)c3cccs3)nc12. The van der Waals surface area contributed by atoms with Crippen LogP contribution in [0.4, 0.5) is 5.82 Å². The van der Waals surface area contributed by atoms with Gasteiger partial charge in [-0.2, -0.15) is 9.78 Å². The number of aromatic nitrogens is 3. The van der Waals surface area contributed by atoms with Gasteiger partial charge >= 0.3 is 0 Å². The van der Waals surface area contributed by atoms with Gasteiger partial charge in [-0.3, -0.25) is 4.79 Å². The van der Waals surface area contributed by atoms with E-state index < -0.39 is 0 Å². The predicted octanol–water partition coefficient (Wildman–Crippen LogP) is 4.50. The smallest absolute Gasteiger partial charge is 0.266 e. The molecular weight excluding hydrogens is 368 g/mol. The van der Waals surface area contributed by atoms with Crippen LogP contribution >= 0.6 is 22.7 Å². The first-order valence-electron chi connectivity index (χ1n) is 8.10. The number of rotatable bonds is 5. The number of amides is 1. The first kappa shape index (κ1) is 16.7. The zero-order valence-electron chi connectivity index (χ0n) is 14.2. The highest BCUT2D eigenvalue weighted by Crippen LogP contribution is 2.32. The number of carbonyl (C=O) groups is 1. The minimum absolute atomic E-state index is 0.155. The lowest BCUT2D eigenvalue weighted by atomic mass is 10.3. The largest absolute Gasteiger partial charge is 0.492 e. The zero-order valence-corrected chi connectivity index (χ0v) is 15.9. The van der Waals surface area contributed by atoms with Gasteiger partial charge in [-0.1, -0.05) is 23.5 Å². The number of nitrogens with one attached hydrogen (secondary N) is 1. The van der Waals surface area contributed by atoms with E-state index >= 15 is 0 Å². The van der Waals surface area contributed by atoms with Crippen molar-refractivity contribution < 1.29 is 9.53 Å². The number of benzene rings is 1. The lowest BCUT2D eigenvalue weighted by molar-refractivity contribution is 0.103. The summed E-state index contributed by atoms with van der Waals surface area (Å²) in [5, 5.41) is 9.98. The minimum atomic E-state index is -0.155. The number of thiazole rings is 1. The van der Waals surface area contributed by atoms with Crippen molar-refractivity contribution in [2.75, 3.05) is 11.9 Å². The van der Waals surface area contributed by atoms with Crippen LogP contribution in [0, 0.1) is 6.92 Å². The Kier molecular flexibility index (Phi) is 4.44. The van der Waals surface area contributed by atoms with Crippen molar-refractivity contribution in [3.8, 4) is 10.9 Å². The molecule has 0 aliphatic heterocycles. The highest BCUT2D eigenvalue weighted by molar-refractivity contribution is 7.20. The summed E-state index contributed by atoms with van der Waals surface area (Å²) < 4.78 is 8.34. The van der Waals surface area contributed by atoms with Gasteiger partial charge in [-0.15, -0.1) is 11.3 Å². The maximum Gasteiger partial charge on any atom is 0.266 e. The molecular formula is C18H16N4O2S2. The molecule has 0 atom stereocenters. The summed E-state index contributed by atoms with van der Waals surface area (Å²) in [5.74, 6) is 1.19. The Balaban J connectivity index is 1.73. The summed E-state index contributed by atoms with van der Waals surface area (Å²) in [6.45, 7) is 4.41. The molecule has 1 aromatic carbocycles. The normalized spacial score (nSPS) is 11.0. The maximum atomic E-state index is 12.4. The molecule has 0 spiro atoms. The first-order valence-corrected chi connectivity index (χ1v) is 9.79. The molecule has 6 nitrogen and oxygen atoms in total. The molecule has 0 saturated carbocycles. The van der Waals surface area contributed by atoms with Crippen molar-refractivity contribution in [2.45, 2.75) is 13.8 Å². The molecule has 0 aliphatic carbocycles. The standard InChI is InChI=1S/C18H16N4O2S2/c1-3-24-12-6-4-7-13-16(12)20-18(26-13)22-15(10-11(2)21-22)19-17(23)14-8-5-9-25-14/h4-10H,3H2,1-2H3,(H,19,23). The molecule has 26 heavy (non-hydrogen) atoms. The highest BCUT2D eigenvalue weighted by Gasteiger charge is 2.17. The molecule has 3 aromatic heterocycles. The van der Waals surface area contributed by atoms with Crippen LogP contribution in [0.3, 0.4) is 0 Å². The van der Waals surface area contributed by atoms with Gasteiger partial charge in [0.05, 0.1) is 21.9 Å². The molecule has 3 heterocycles. The fourth-order valence-electron chi connectivity index (χ4n) is 2.59. The zero-order chi connectivity index (χ0) is 18.1. The molecule has 1 N–H and O–H groups in total. The van der Waals surface area contributed by atoms with Crippen LogP contribution in [0.15, 0.2) is 41.8 Å². The van der Waals surface area contributed by atoms with E-state index in [0.29, 0.717) is 22.4 Å². The number of ether oxygens (including phenoxy) is 1. The van der Waals surface area contributed by atoms with E-state index in [1.807, 2.05) is 49.6 Å². The third-order valence-corrected chi connectivity index (χ3v) is 5.53.